The Bertz CT molecular complexity index is 1250. The van der Waals surface area contributed by atoms with Gasteiger partial charge in [-0.25, -0.2) is 0 Å². The smallest absolute Gasteiger partial charge is 0.255 e. The lowest BCUT2D eigenvalue weighted by Gasteiger charge is -2.29. The molecule has 0 radical (unpaired) electrons. The third-order valence-electron chi connectivity index (χ3n) is 7.00. The second-order valence-corrected chi connectivity index (χ2v) is 9.69. The summed E-state index contributed by atoms with van der Waals surface area (Å²) >= 11 is 0. The van der Waals surface area contributed by atoms with Crippen LogP contribution in [-0.2, 0) is 4.74 Å². The van der Waals surface area contributed by atoms with E-state index >= 15 is 0 Å². The molecule has 2 aliphatic heterocycles. The molecule has 3 N–H and O–H groups in total. The molecule has 0 atom stereocenters. The number of hydrogen-bond acceptors (Lipinski definition) is 7. The van der Waals surface area contributed by atoms with Crippen LogP contribution in [0.1, 0.15) is 28.8 Å². The Morgan fingerprint density at radius 2 is 1.76 bits per heavy atom. The molecular weight excluding hydrogens is 480 g/mol. The van der Waals surface area contributed by atoms with Crippen molar-refractivity contribution in [3.63, 3.8) is 0 Å². The van der Waals surface area contributed by atoms with Crippen LogP contribution in [0, 0.1) is 6.92 Å². The molecule has 0 bridgehead atoms. The quantitative estimate of drug-likeness (QED) is 0.390. The van der Waals surface area contributed by atoms with Gasteiger partial charge >= 0.3 is 0 Å². The van der Waals surface area contributed by atoms with Gasteiger partial charge in [-0.2, -0.15) is 0 Å². The summed E-state index contributed by atoms with van der Waals surface area (Å²) in [6, 6.07) is 19.7. The largest absolute Gasteiger partial charge is 0.493 e. The fraction of sp³-hybridized carbons (Fsp3) is 0.367. The van der Waals surface area contributed by atoms with E-state index < -0.39 is 0 Å². The Morgan fingerprint density at radius 1 is 0.974 bits per heavy atom. The average Bonchev–Trinajstić information content (AvgIpc) is 2.96. The SMILES string of the molecule is COc1ccc(C(=O)Nc2cc(Nc3cccc(N4CCOCC4)c3)ccc2C)cc1OC1CCNCC1. The van der Waals surface area contributed by atoms with Crippen LogP contribution in [-0.4, -0.2) is 58.5 Å². The predicted octanol–water partition coefficient (Wildman–Crippen LogP) is 4.97. The van der Waals surface area contributed by atoms with Gasteiger partial charge in [-0.3, -0.25) is 4.79 Å². The third-order valence-corrected chi connectivity index (χ3v) is 7.00. The zero-order valence-corrected chi connectivity index (χ0v) is 22.1. The minimum absolute atomic E-state index is 0.107. The molecule has 2 saturated heterocycles. The maximum absolute atomic E-state index is 13.2. The molecule has 0 aliphatic carbocycles. The number of anilines is 4. The number of ether oxygens (including phenoxy) is 3. The molecule has 8 nitrogen and oxygen atoms in total. The molecule has 1 amide bonds. The van der Waals surface area contributed by atoms with Crippen molar-refractivity contribution in [1.82, 2.24) is 5.32 Å². The number of benzene rings is 3. The van der Waals surface area contributed by atoms with Crippen LogP contribution < -0.4 is 30.3 Å². The van der Waals surface area contributed by atoms with Crippen LogP contribution >= 0.6 is 0 Å². The molecule has 0 aromatic heterocycles. The maximum Gasteiger partial charge on any atom is 0.255 e. The van der Waals surface area contributed by atoms with E-state index in [4.69, 9.17) is 14.2 Å². The van der Waals surface area contributed by atoms with Gasteiger partial charge in [0.15, 0.2) is 11.5 Å². The van der Waals surface area contributed by atoms with E-state index in [0.29, 0.717) is 17.1 Å². The molecule has 2 heterocycles. The van der Waals surface area contributed by atoms with Gasteiger partial charge in [0.25, 0.3) is 5.91 Å². The summed E-state index contributed by atoms with van der Waals surface area (Å²) in [7, 11) is 1.61. The first-order valence-corrected chi connectivity index (χ1v) is 13.3. The summed E-state index contributed by atoms with van der Waals surface area (Å²) in [5.41, 5.74) is 5.30. The number of rotatable bonds is 8. The number of piperidine rings is 1. The van der Waals surface area contributed by atoms with Crippen molar-refractivity contribution in [2.45, 2.75) is 25.9 Å². The number of carbonyl (C=O) groups is 1. The van der Waals surface area contributed by atoms with E-state index in [2.05, 4.69) is 39.0 Å². The van der Waals surface area contributed by atoms with Gasteiger partial charge in [-0.15, -0.1) is 0 Å². The summed E-state index contributed by atoms with van der Waals surface area (Å²) in [5.74, 6) is 1.03. The molecule has 38 heavy (non-hydrogen) atoms. The predicted molar refractivity (Wildman–Crippen MR) is 151 cm³/mol. The lowest BCUT2D eigenvalue weighted by molar-refractivity contribution is 0.102. The second kappa shape index (κ2) is 12.2. The van der Waals surface area contributed by atoms with Crippen LogP contribution in [0.5, 0.6) is 11.5 Å². The van der Waals surface area contributed by atoms with Crippen molar-refractivity contribution in [1.29, 1.82) is 0 Å². The molecule has 5 rings (SSSR count). The number of nitrogens with one attached hydrogen (secondary N) is 3. The number of amides is 1. The second-order valence-electron chi connectivity index (χ2n) is 9.69. The van der Waals surface area contributed by atoms with E-state index in [9.17, 15) is 4.79 Å². The molecule has 0 spiro atoms. The minimum Gasteiger partial charge on any atom is -0.493 e. The first-order valence-electron chi connectivity index (χ1n) is 13.3. The highest BCUT2D eigenvalue weighted by Crippen LogP contribution is 2.31. The van der Waals surface area contributed by atoms with Crippen LogP contribution in [0.4, 0.5) is 22.7 Å². The van der Waals surface area contributed by atoms with Crippen LogP contribution in [0.25, 0.3) is 0 Å². The highest BCUT2D eigenvalue weighted by molar-refractivity contribution is 6.05. The van der Waals surface area contributed by atoms with E-state index in [-0.39, 0.29) is 12.0 Å². The van der Waals surface area contributed by atoms with Gasteiger partial charge < -0.3 is 35.1 Å². The minimum atomic E-state index is -0.197. The molecule has 0 unspecified atom stereocenters. The molecule has 2 aliphatic rings. The van der Waals surface area contributed by atoms with Gasteiger partial charge in [0.2, 0.25) is 0 Å². The van der Waals surface area contributed by atoms with Crippen molar-refractivity contribution < 1.29 is 19.0 Å². The summed E-state index contributed by atoms with van der Waals surface area (Å²) in [4.78, 5) is 15.6. The number of methoxy groups -OCH3 is 1. The van der Waals surface area contributed by atoms with Crippen molar-refractivity contribution >= 4 is 28.7 Å². The van der Waals surface area contributed by atoms with Crippen LogP contribution in [0.15, 0.2) is 60.7 Å². The van der Waals surface area contributed by atoms with Gasteiger partial charge in [0, 0.05) is 41.4 Å². The monoisotopic (exact) mass is 516 g/mol. The molecule has 200 valence electrons. The van der Waals surface area contributed by atoms with E-state index in [1.165, 1.54) is 5.69 Å². The molecule has 2 fully saturated rings. The Morgan fingerprint density at radius 3 is 2.55 bits per heavy atom. The number of morpholine rings is 1. The van der Waals surface area contributed by atoms with E-state index in [0.717, 1.165) is 74.9 Å². The highest BCUT2D eigenvalue weighted by Gasteiger charge is 2.19. The lowest BCUT2D eigenvalue weighted by Crippen LogP contribution is -2.36. The fourth-order valence-corrected chi connectivity index (χ4v) is 4.80. The summed E-state index contributed by atoms with van der Waals surface area (Å²) < 4.78 is 17.2. The Kier molecular flexibility index (Phi) is 8.31. The van der Waals surface area contributed by atoms with E-state index in [1.807, 2.05) is 31.2 Å². The van der Waals surface area contributed by atoms with E-state index in [1.54, 1.807) is 25.3 Å². The van der Waals surface area contributed by atoms with Crippen LogP contribution in [0.2, 0.25) is 0 Å². The van der Waals surface area contributed by atoms with Gasteiger partial charge in [-0.1, -0.05) is 12.1 Å². The Balaban J connectivity index is 1.29. The third kappa shape index (κ3) is 6.38. The van der Waals surface area contributed by atoms with Crippen molar-refractivity contribution in [2.75, 3.05) is 62.0 Å². The molecule has 8 heteroatoms. The summed E-state index contributed by atoms with van der Waals surface area (Å²) in [6.07, 6.45) is 1.96. The summed E-state index contributed by atoms with van der Waals surface area (Å²) in [6.45, 7) is 7.11. The average molecular weight is 517 g/mol. The number of carbonyl (C=O) groups excluding carboxylic acids is 1. The number of hydrogen-bond donors (Lipinski definition) is 3. The number of nitrogens with zero attached hydrogens (tertiary/aromatic N) is 1. The summed E-state index contributed by atoms with van der Waals surface area (Å²) in [5, 5.41) is 9.90. The molecule has 3 aromatic rings. The van der Waals surface area contributed by atoms with Crippen molar-refractivity contribution in [2.24, 2.45) is 0 Å². The fourth-order valence-electron chi connectivity index (χ4n) is 4.80. The first-order chi connectivity index (χ1) is 18.6. The topological polar surface area (TPSA) is 84.1 Å². The zero-order valence-electron chi connectivity index (χ0n) is 22.1. The molecular formula is C30H36N4O4. The Hall–Kier alpha value is -3.75. The molecule has 0 saturated carbocycles. The first kappa shape index (κ1) is 25.9. The molecule has 3 aromatic carbocycles. The number of aryl methyl sites for hydroxylation is 1. The zero-order chi connectivity index (χ0) is 26.3. The Labute approximate surface area is 224 Å². The van der Waals surface area contributed by atoms with Gasteiger partial charge in [0.1, 0.15) is 6.10 Å². The van der Waals surface area contributed by atoms with Crippen molar-refractivity contribution in [3.05, 3.63) is 71.8 Å². The van der Waals surface area contributed by atoms with Gasteiger partial charge in [0.05, 0.1) is 20.3 Å². The maximum atomic E-state index is 13.2. The normalized spacial score (nSPS) is 16.1. The van der Waals surface area contributed by atoms with Crippen LogP contribution in [0.3, 0.4) is 0 Å². The standard InChI is InChI=1S/C30H36N4O4/c1-21-6-8-24(32-23-4-3-5-25(19-23)34-14-16-37-17-15-34)20-27(21)33-30(35)22-7-9-28(36-2)29(18-22)38-26-10-12-31-13-11-26/h3-9,18-20,26,31-32H,10-17H2,1-2H3,(H,33,35). The lowest BCUT2D eigenvalue weighted by atomic mass is 10.1. The van der Waals surface area contributed by atoms with Gasteiger partial charge in [-0.05, 0) is 86.9 Å². The van der Waals surface area contributed by atoms with Crippen molar-refractivity contribution in [3.8, 4) is 11.5 Å². The highest BCUT2D eigenvalue weighted by atomic mass is 16.5.